The maximum Gasteiger partial charge on any atom is 0.0460 e. The van der Waals surface area contributed by atoms with Crippen LogP contribution in [0.3, 0.4) is 0 Å². The fraction of sp³-hybridized carbons (Fsp3) is 0. The largest absolute Gasteiger partial charge is 0.0610 e. The third kappa shape index (κ3) is 1.56. The number of hydrogen-bond donors (Lipinski definition) is 0. The minimum absolute atomic E-state index is 0.570. The van der Waals surface area contributed by atoms with Crippen molar-refractivity contribution in [1.29, 1.82) is 0 Å². The highest BCUT2D eigenvalue weighted by Gasteiger charge is 2.12. The van der Waals surface area contributed by atoms with E-state index in [9.17, 15) is 0 Å². The topological polar surface area (TPSA) is 97.5 Å². The third-order valence-electron chi connectivity index (χ3n) is 3.90. The molecule has 0 spiro atoms. The smallest absolute Gasteiger partial charge is 0.0460 e. The van der Waals surface area contributed by atoms with Crippen LogP contribution >= 0.6 is 0 Å². The van der Waals surface area contributed by atoms with E-state index in [0.29, 0.717) is 11.4 Å². The maximum absolute atomic E-state index is 8.81. The molecule has 0 aliphatic rings. The van der Waals surface area contributed by atoms with E-state index in [-0.39, 0.29) is 0 Å². The van der Waals surface area contributed by atoms with E-state index >= 15 is 0 Å². The lowest BCUT2D eigenvalue weighted by atomic mass is 9.92. The second-order valence-electron chi connectivity index (χ2n) is 4.97. The Morgan fingerprint density at radius 3 is 2.18 bits per heavy atom. The van der Waals surface area contributed by atoms with Gasteiger partial charge in [0.05, 0.1) is 0 Å². The van der Waals surface area contributed by atoms with Crippen LogP contribution in [-0.4, -0.2) is 0 Å². The molecule has 0 aliphatic carbocycles. The highest BCUT2D eigenvalue weighted by molar-refractivity contribution is 6.27. The lowest BCUT2D eigenvalue weighted by Gasteiger charge is -2.13. The van der Waals surface area contributed by atoms with Gasteiger partial charge in [-0.3, -0.25) is 0 Å². The Bertz CT molecular complexity index is 1130. The van der Waals surface area contributed by atoms with E-state index in [2.05, 4.69) is 20.1 Å². The predicted molar refractivity (Wildman–Crippen MR) is 87.8 cm³/mol. The molecular weight excluding hydrogens is 276 g/mol. The monoisotopic (exact) mass is 284 g/mol. The summed E-state index contributed by atoms with van der Waals surface area (Å²) in [5.41, 5.74) is 18.7. The van der Waals surface area contributed by atoms with Gasteiger partial charge >= 0.3 is 0 Å². The molecule has 0 N–H and O–H groups in total. The Hall–Kier alpha value is -3.46. The first-order valence-corrected chi connectivity index (χ1v) is 6.64. The second-order valence-corrected chi connectivity index (χ2v) is 4.97. The van der Waals surface area contributed by atoms with Gasteiger partial charge in [0.1, 0.15) is 0 Å². The lowest BCUT2D eigenvalue weighted by Crippen LogP contribution is -1.84. The molecule has 0 bridgehead atoms. The molecule has 0 amide bonds. The minimum atomic E-state index is 0.570. The SMILES string of the molecule is [N-]=[N+]=Nc1ccc2c(N=[N+]=[N-])cc3cccc4ccc1c2c43. The van der Waals surface area contributed by atoms with E-state index in [1.165, 1.54) is 0 Å². The second kappa shape index (κ2) is 4.53. The Labute approximate surface area is 124 Å². The van der Waals surface area contributed by atoms with Crippen LogP contribution in [0.4, 0.5) is 11.4 Å². The standard InChI is InChI=1S/C16H8N6/c17-21-19-13-7-6-12-14(20-22-18)8-10-3-1-2-9-4-5-11(13)16(12)15(9)10/h1-8H. The molecule has 4 aromatic carbocycles. The van der Waals surface area contributed by atoms with Crippen LogP contribution in [0, 0.1) is 0 Å². The average Bonchev–Trinajstić information content (AvgIpc) is 2.55. The predicted octanol–water partition coefficient (Wildman–Crippen LogP) is 6.47. The molecule has 4 rings (SSSR count). The summed E-state index contributed by atoms with van der Waals surface area (Å²) in [6, 6.07) is 15.4. The highest BCUT2D eigenvalue weighted by Crippen LogP contribution is 2.42. The molecule has 6 heteroatoms. The molecule has 0 aromatic heterocycles. The number of azide groups is 2. The minimum Gasteiger partial charge on any atom is -0.0610 e. The van der Waals surface area contributed by atoms with Gasteiger partial charge in [-0.25, -0.2) is 0 Å². The number of rotatable bonds is 2. The molecule has 0 radical (unpaired) electrons. The van der Waals surface area contributed by atoms with Crippen molar-refractivity contribution in [2.24, 2.45) is 10.2 Å². The molecular formula is C16H8N6. The van der Waals surface area contributed by atoms with Crippen molar-refractivity contribution in [3.63, 3.8) is 0 Å². The zero-order valence-electron chi connectivity index (χ0n) is 11.3. The quantitative estimate of drug-likeness (QED) is 0.174. The van der Waals surface area contributed by atoms with Crippen LogP contribution in [0.2, 0.25) is 0 Å². The number of nitrogens with zero attached hydrogens (tertiary/aromatic N) is 6. The Kier molecular flexibility index (Phi) is 2.53. The van der Waals surface area contributed by atoms with Gasteiger partial charge in [0.25, 0.3) is 0 Å². The fourth-order valence-corrected chi connectivity index (χ4v) is 3.06. The van der Waals surface area contributed by atoms with Crippen molar-refractivity contribution >= 4 is 43.7 Å². The van der Waals surface area contributed by atoms with Gasteiger partial charge in [0.2, 0.25) is 0 Å². The van der Waals surface area contributed by atoms with E-state index in [4.69, 9.17) is 11.1 Å². The van der Waals surface area contributed by atoms with Crippen LogP contribution in [0.5, 0.6) is 0 Å². The molecule has 102 valence electrons. The molecule has 0 aliphatic heterocycles. The molecule has 0 fully saturated rings. The third-order valence-corrected chi connectivity index (χ3v) is 3.90. The van der Waals surface area contributed by atoms with Crippen molar-refractivity contribution in [1.82, 2.24) is 0 Å². The van der Waals surface area contributed by atoms with Gasteiger partial charge < -0.3 is 0 Å². The summed E-state index contributed by atoms with van der Waals surface area (Å²) >= 11 is 0. The van der Waals surface area contributed by atoms with Crippen LogP contribution in [-0.2, 0) is 0 Å². The van der Waals surface area contributed by atoms with E-state index in [1.54, 1.807) is 6.07 Å². The van der Waals surface area contributed by atoms with Crippen LogP contribution in [0.25, 0.3) is 53.2 Å². The fourth-order valence-electron chi connectivity index (χ4n) is 3.06. The van der Waals surface area contributed by atoms with Crippen LogP contribution < -0.4 is 0 Å². The Morgan fingerprint density at radius 2 is 1.36 bits per heavy atom. The van der Waals surface area contributed by atoms with E-state index in [0.717, 1.165) is 32.3 Å². The van der Waals surface area contributed by atoms with Crippen LogP contribution in [0.1, 0.15) is 0 Å². The summed E-state index contributed by atoms with van der Waals surface area (Å²) in [5, 5.41) is 13.4. The summed E-state index contributed by atoms with van der Waals surface area (Å²) in [6.07, 6.45) is 0. The van der Waals surface area contributed by atoms with Crippen molar-refractivity contribution in [3.05, 3.63) is 69.4 Å². The molecule has 4 aromatic rings. The molecule has 22 heavy (non-hydrogen) atoms. The average molecular weight is 284 g/mol. The highest BCUT2D eigenvalue weighted by atomic mass is 15.1. The molecule has 6 nitrogen and oxygen atoms in total. The zero-order valence-corrected chi connectivity index (χ0v) is 11.3. The first-order chi connectivity index (χ1) is 10.8. The molecule has 0 heterocycles. The zero-order chi connectivity index (χ0) is 15.1. The van der Waals surface area contributed by atoms with Crippen molar-refractivity contribution in [3.8, 4) is 0 Å². The lowest BCUT2D eigenvalue weighted by molar-refractivity contribution is 1.50. The summed E-state index contributed by atoms with van der Waals surface area (Å²) in [5.74, 6) is 0. The van der Waals surface area contributed by atoms with Gasteiger partial charge in [-0.1, -0.05) is 52.7 Å². The Morgan fingerprint density at radius 1 is 0.682 bits per heavy atom. The summed E-state index contributed by atoms with van der Waals surface area (Å²) in [4.78, 5) is 5.81. The first kappa shape index (κ1) is 12.3. The Balaban J connectivity index is 2.37. The maximum atomic E-state index is 8.81. The van der Waals surface area contributed by atoms with Gasteiger partial charge in [0, 0.05) is 21.2 Å². The molecule has 0 saturated heterocycles. The van der Waals surface area contributed by atoms with E-state index < -0.39 is 0 Å². The van der Waals surface area contributed by atoms with Crippen molar-refractivity contribution in [2.75, 3.05) is 0 Å². The van der Waals surface area contributed by atoms with Gasteiger partial charge in [-0.15, -0.1) is 0 Å². The molecule has 0 atom stereocenters. The van der Waals surface area contributed by atoms with Gasteiger partial charge in [-0.05, 0) is 49.4 Å². The summed E-state index contributed by atoms with van der Waals surface area (Å²) < 4.78 is 0. The molecule has 0 unspecified atom stereocenters. The van der Waals surface area contributed by atoms with Crippen molar-refractivity contribution in [2.45, 2.75) is 0 Å². The normalized spacial score (nSPS) is 10.7. The van der Waals surface area contributed by atoms with Crippen molar-refractivity contribution < 1.29 is 0 Å². The first-order valence-electron chi connectivity index (χ1n) is 6.64. The number of hydrogen-bond acceptors (Lipinski definition) is 2. The summed E-state index contributed by atoms with van der Waals surface area (Å²) in [7, 11) is 0. The van der Waals surface area contributed by atoms with Crippen LogP contribution in [0.15, 0.2) is 58.8 Å². The van der Waals surface area contributed by atoms with E-state index in [1.807, 2.05) is 42.5 Å². The molecule has 0 saturated carbocycles. The van der Waals surface area contributed by atoms with Gasteiger partial charge in [0.15, 0.2) is 0 Å². The van der Waals surface area contributed by atoms with Gasteiger partial charge in [-0.2, -0.15) is 0 Å². The summed E-state index contributed by atoms with van der Waals surface area (Å²) in [6.45, 7) is 0. The number of benzene rings is 4.